The van der Waals surface area contributed by atoms with Crippen molar-refractivity contribution >= 4 is 32.8 Å². The molecule has 0 saturated carbocycles. The fraction of sp³-hybridized carbons (Fsp3) is 0.294. The van der Waals surface area contributed by atoms with Gasteiger partial charge in [0.1, 0.15) is 5.82 Å². The van der Waals surface area contributed by atoms with E-state index in [0.29, 0.717) is 29.0 Å². The minimum atomic E-state index is -4.98. The van der Waals surface area contributed by atoms with Crippen LogP contribution in [0.4, 0.5) is 0 Å². The Kier molecular flexibility index (Phi) is 6.67. The topological polar surface area (TPSA) is 35.9 Å². The second kappa shape index (κ2) is 22.6. The van der Waals surface area contributed by atoms with Gasteiger partial charge < -0.3 is 13.9 Å². The van der Waals surface area contributed by atoms with E-state index in [1.807, 2.05) is 20.8 Å². The minimum absolute atomic E-state index is 0. The van der Waals surface area contributed by atoms with Crippen LogP contribution in [0.1, 0.15) is 225 Å². The Hall–Kier alpha value is -8.11. The van der Waals surface area contributed by atoms with Crippen LogP contribution in [0.15, 0.2) is 176 Å². The third kappa shape index (κ3) is 10.6. The molecule has 14 rings (SSSR count). The number of hydrogen-bond donors (Lipinski definition) is 0. The van der Waals surface area contributed by atoms with E-state index < -0.39 is 248 Å². The van der Waals surface area contributed by atoms with E-state index in [-0.39, 0.29) is 71.6 Å². The van der Waals surface area contributed by atoms with Gasteiger partial charge in [0.15, 0.2) is 0 Å². The number of fused-ring (bicyclic) bond motifs is 6. The normalized spacial score (nSPS) is 28.4. The molecule has 0 amide bonds. The minimum Gasteiger partial charge on any atom is -0.510 e. The average Bonchev–Trinajstić information content (AvgIpc) is 0.740. The Morgan fingerprint density at radius 2 is 1.19 bits per heavy atom. The number of benzene rings is 9. The number of imidazole rings is 1. The van der Waals surface area contributed by atoms with E-state index in [1.54, 1.807) is 47.2 Å². The number of para-hydroxylation sites is 1. The molecular formula is C85H84N4OPt-2. The van der Waals surface area contributed by atoms with Crippen LogP contribution in [-0.2, 0) is 48.1 Å². The third-order valence-corrected chi connectivity index (χ3v) is 16.2. The summed E-state index contributed by atoms with van der Waals surface area (Å²) in [6.45, 7) is -38.3. The molecule has 0 aliphatic heterocycles. The van der Waals surface area contributed by atoms with Crippen molar-refractivity contribution in [2.45, 2.75) is 162 Å². The van der Waals surface area contributed by atoms with E-state index in [4.69, 9.17) is 38.5 Å². The fourth-order valence-electron chi connectivity index (χ4n) is 11.7. The predicted molar refractivity (Wildman–Crippen MR) is 375 cm³/mol. The van der Waals surface area contributed by atoms with E-state index in [9.17, 15) is 38.4 Å². The molecule has 2 aliphatic rings. The van der Waals surface area contributed by atoms with Crippen LogP contribution in [0, 0.1) is 45.9 Å². The Morgan fingerprint density at radius 1 is 0.593 bits per heavy atom. The predicted octanol–water partition coefficient (Wildman–Crippen LogP) is 21.9. The van der Waals surface area contributed by atoms with Crippen LogP contribution in [-0.4, -0.2) is 14.1 Å². The van der Waals surface area contributed by atoms with Gasteiger partial charge in [-0.3, -0.25) is 4.57 Å². The molecule has 3 aromatic heterocycles. The van der Waals surface area contributed by atoms with Gasteiger partial charge in [0.25, 0.3) is 6.33 Å². The SMILES string of the molecule is [2H]c1c([2H])c2c(c([2H])c1-c1cccc(-c3c([2H])c([2H])c4c(c3[2H])C(C([2H])([2H])[2H])(C([2H])([2H])[2H])C([2H])([2H])C([2H])([2H])C4(C([2H])([2H])[2H])C([2H])([2H])C)c1-[n+]1[c-]n(-c3[c-]c(Oc4[c-]c5c(cc4)c4cc(-c6c(C([2H])([2H])[2H])cccc6C([2H])([2H])[2H])ccc4n5-c4cc(C(C)(C)C)ccn4)ccc3)c3cc(-c4c(C([2H])([2H])[2H])cccc4C([2H])([2H])[2H])ccc31)C(C([2H])([2H])[2H])(C([2H])([2H])[2H])C([2H])([2H])C([2H])([2H])C2(C([2H])([2H])[2H])C([2H])([2H])[2H].[Pt]. The molecule has 462 valence electrons. The Bertz CT molecular complexity index is 6740. The van der Waals surface area contributed by atoms with Crippen molar-refractivity contribution in [3.8, 4) is 73.2 Å². The molecule has 9 aromatic carbocycles. The smallest absolute Gasteiger partial charge is 0.268 e. The summed E-state index contributed by atoms with van der Waals surface area (Å²) < 4.78 is 465. The number of aryl methyl sites for hydroxylation is 4. The van der Waals surface area contributed by atoms with Crippen LogP contribution < -0.4 is 9.30 Å². The molecule has 0 saturated heterocycles. The molecule has 2 aliphatic carbocycles. The number of nitrogens with zero attached hydrogens (tertiary/aromatic N) is 4. The van der Waals surface area contributed by atoms with Crippen molar-refractivity contribution in [3.05, 3.63) is 244 Å². The van der Waals surface area contributed by atoms with Crippen LogP contribution in [0.3, 0.4) is 0 Å². The maximum atomic E-state index is 10.7. The molecule has 1 atom stereocenters. The summed E-state index contributed by atoms with van der Waals surface area (Å²) in [7, 11) is 0. The summed E-state index contributed by atoms with van der Waals surface area (Å²) in [5, 5.41) is 0.813. The molecule has 0 bridgehead atoms. The van der Waals surface area contributed by atoms with Crippen molar-refractivity contribution in [2.75, 3.05) is 0 Å². The van der Waals surface area contributed by atoms with Gasteiger partial charge in [-0.05, 0) is 216 Å². The maximum absolute atomic E-state index is 10.7. The Labute approximate surface area is 623 Å². The van der Waals surface area contributed by atoms with E-state index in [1.165, 1.54) is 42.5 Å². The molecule has 0 fully saturated rings. The number of ether oxygens (including phenoxy) is 1. The van der Waals surface area contributed by atoms with Crippen molar-refractivity contribution in [3.63, 3.8) is 0 Å². The van der Waals surface area contributed by atoms with Gasteiger partial charge in [-0.25, -0.2) is 4.98 Å². The third-order valence-electron chi connectivity index (χ3n) is 16.2. The summed E-state index contributed by atoms with van der Waals surface area (Å²) in [6.07, 6.45) is -18.8. The molecule has 1 unspecified atom stereocenters. The zero-order valence-corrected chi connectivity index (χ0v) is 51.1. The monoisotopic (exact) mass is 1420 g/mol. The summed E-state index contributed by atoms with van der Waals surface area (Å²) in [4.78, 5) is 4.77. The molecule has 5 nitrogen and oxygen atoms in total. The van der Waals surface area contributed by atoms with Gasteiger partial charge in [-0.1, -0.05) is 196 Å². The molecular weight excluding hydrogens is 1290 g/mol. The van der Waals surface area contributed by atoms with E-state index >= 15 is 0 Å². The van der Waals surface area contributed by atoms with Gasteiger partial charge in [-0.2, -0.15) is 18.2 Å². The van der Waals surface area contributed by atoms with E-state index in [2.05, 4.69) is 18.5 Å². The van der Waals surface area contributed by atoms with Crippen molar-refractivity contribution in [2.24, 2.45) is 0 Å². The zero-order chi connectivity index (χ0) is 105. The van der Waals surface area contributed by atoms with Crippen molar-refractivity contribution < 1.29 is 97.5 Å². The van der Waals surface area contributed by atoms with E-state index in [0.717, 1.165) is 69.3 Å². The van der Waals surface area contributed by atoms with Gasteiger partial charge in [-0.15, -0.1) is 29.7 Å². The number of rotatable bonds is 10. The van der Waals surface area contributed by atoms with Crippen molar-refractivity contribution in [1.82, 2.24) is 14.1 Å². The second-order valence-corrected chi connectivity index (χ2v) is 23.2. The molecule has 6 heteroatoms. The van der Waals surface area contributed by atoms with Crippen LogP contribution in [0.25, 0.3) is 94.5 Å². The molecule has 91 heavy (non-hydrogen) atoms. The Morgan fingerprint density at radius 3 is 1.82 bits per heavy atom. The summed E-state index contributed by atoms with van der Waals surface area (Å²) in [6, 6.07) is 23.7. The fourth-order valence-corrected chi connectivity index (χ4v) is 11.7. The van der Waals surface area contributed by atoms with Crippen LogP contribution >= 0.6 is 0 Å². The van der Waals surface area contributed by atoms with Gasteiger partial charge in [0, 0.05) is 103 Å². The van der Waals surface area contributed by atoms with Gasteiger partial charge >= 0.3 is 0 Å². The number of hydrogen-bond acceptors (Lipinski definition) is 2. The summed E-state index contributed by atoms with van der Waals surface area (Å²) in [5.74, 6) is -0.109. The standard InChI is InChI=1S/C85H84N4O.Pt/c1-16-85(15)43-42-84(13,14)72-47-58(30-36-70(72)85)66-28-20-27-65(57-29-35-69-71(46-57)83(11,12)41-40-82(69,9)10)80(66)88-52-87(76-48-60(32-38-74(76)88)79-55(4)23-18-24-56(79)5)62-25-19-26-63(50-62)90-64-33-34-67-68-45-59(78-53(2)21-17-22-54(78)3)31-37-73(68)89(75(67)51-64)77-49-61(39-44-86-77)81(6,7)8;/h17-39,44-49H,16,40-43H2,1-15H3;/q-2;/i2D3,3D3,4D3,5D3,9D3,10D3,11D3,12D3,13D3,14D3,15D3,16D2,29D,30D,35D,36D,40D2,41D2,42D2,43D2,46D,47D;. The first-order valence-corrected chi connectivity index (χ1v) is 28.2. The second-order valence-electron chi connectivity index (χ2n) is 23.2. The van der Waals surface area contributed by atoms with Crippen molar-refractivity contribution in [1.29, 1.82) is 0 Å². The first kappa shape index (κ1) is 26.8. The van der Waals surface area contributed by atoms with Crippen LogP contribution in [0.5, 0.6) is 11.5 Å². The number of pyridine rings is 1. The summed E-state index contributed by atoms with van der Waals surface area (Å²) in [5.41, 5.74) is -35.5. The maximum Gasteiger partial charge on any atom is 0.268 e. The first-order chi connectivity index (χ1) is 62.8. The van der Waals surface area contributed by atoms with Gasteiger partial charge in [0.2, 0.25) is 0 Å². The first-order valence-electron chi connectivity index (χ1n) is 52.7. The largest absolute Gasteiger partial charge is 0.510 e. The number of aromatic nitrogens is 4. The quantitative estimate of drug-likeness (QED) is 0.101. The van der Waals surface area contributed by atoms with Gasteiger partial charge in [0.05, 0.1) is 24.9 Å². The summed E-state index contributed by atoms with van der Waals surface area (Å²) >= 11 is 0. The average molecular weight is 1420 g/mol. The molecule has 0 N–H and O–H groups in total. The molecule has 0 radical (unpaired) electrons. The van der Waals surface area contributed by atoms with Crippen LogP contribution in [0.2, 0.25) is 0 Å². The molecule has 12 aromatic rings. The molecule has 0 spiro atoms. The Balaban J connectivity index is 0.0000165. The zero-order valence-electron chi connectivity index (χ0n) is 97.8. The molecule has 3 heterocycles.